The minimum atomic E-state index is -1.08. The monoisotopic (exact) mass is 285 g/mol. The van der Waals surface area contributed by atoms with Crippen LogP contribution in [0.1, 0.15) is 23.7 Å². The highest BCUT2D eigenvalue weighted by Gasteiger charge is 2.50. The SMILES string of the molecule is C[C@@H]1C=CC[C@H]2C(=O)N(c3cccc(C(=O)O)c3)C(=O)[C@H]12. The first kappa shape index (κ1) is 13.5. The summed E-state index contributed by atoms with van der Waals surface area (Å²) in [4.78, 5) is 37.2. The molecular formula is C16H15NO4. The van der Waals surface area contributed by atoms with Crippen LogP contribution in [0.15, 0.2) is 36.4 Å². The Morgan fingerprint density at radius 1 is 1.29 bits per heavy atom. The van der Waals surface area contributed by atoms with Gasteiger partial charge in [0, 0.05) is 0 Å². The molecule has 2 aliphatic rings. The number of allylic oxidation sites excluding steroid dienone is 2. The van der Waals surface area contributed by atoms with Crippen molar-refractivity contribution in [1.82, 2.24) is 0 Å². The highest BCUT2D eigenvalue weighted by Crippen LogP contribution is 2.40. The van der Waals surface area contributed by atoms with Gasteiger partial charge >= 0.3 is 5.97 Å². The fourth-order valence-electron chi connectivity index (χ4n) is 3.18. The maximum absolute atomic E-state index is 12.6. The zero-order valence-electron chi connectivity index (χ0n) is 11.5. The van der Waals surface area contributed by atoms with Crippen LogP contribution in [0, 0.1) is 17.8 Å². The predicted molar refractivity (Wildman–Crippen MR) is 75.8 cm³/mol. The van der Waals surface area contributed by atoms with E-state index in [-0.39, 0.29) is 35.1 Å². The highest BCUT2D eigenvalue weighted by atomic mass is 16.4. The number of carbonyl (C=O) groups excluding carboxylic acids is 2. The van der Waals surface area contributed by atoms with E-state index in [2.05, 4.69) is 0 Å². The first-order chi connectivity index (χ1) is 10.0. The van der Waals surface area contributed by atoms with E-state index in [0.717, 1.165) is 4.90 Å². The lowest BCUT2D eigenvalue weighted by Crippen LogP contribution is -2.31. The number of carboxylic acids is 1. The Balaban J connectivity index is 2.00. The fraction of sp³-hybridized carbons (Fsp3) is 0.312. The average molecular weight is 285 g/mol. The zero-order chi connectivity index (χ0) is 15.1. The van der Waals surface area contributed by atoms with Crippen molar-refractivity contribution in [2.24, 2.45) is 17.8 Å². The molecule has 21 heavy (non-hydrogen) atoms. The number of hydrogen-bond acceptors (Lipinski definition) is 3. The summed E-state index contributed by atoms with van der Waals surface area (Å²) in [6.07, 6.45) is 4.46. The van der Waals surface area contributed by atoms with E-state index in [1.54, 1.807) is 12.1 Å². The molecule has 1 aliphatic heterocycles. The van der Waals surface area contributed by atoms with Gasteiger partial charge < -0.3 is 5.11 Å². The molecule has 1 saturated heterocycles. The summed E-state index contributed by atoms with van der Waals surface area (Å²) in [5.41, 5.74) is 0.403. The number of carbonyl (C=O) groups is 3. The molecule has 3 atom stereocenters. The molecule has 0 radical (unpaired) electrons. The maximum atomic E-state index is 12.6. The molecule has 1 N–H and O–H groups in total. The third-order valence-electron chi connectivity index (χ3n) is 4.22. The second-order valence-corrected chi connectivity index (χ2v) is 5.52. The van der Waals surface area contributed by atoms with E-state index in [0.29, 0.717) is 12.1 Å². The van der Waals surface area contributed by atoms with Gasteiger partial charge in [-0.15, -0.1) is 0 Å². The van der Waals surface area contributed by atoms with Gasteiger partial charge in [-0.25, -0.2) is 4.79 Å². The first-order valence-electron chi connectivity index (χ1n) is 6.88. The number of fused-ring (bicyclic) bond motifs is 1. The zero-order valence-corrected chi connectivity index (χ0v) is 11.5. The fourth-order valence-corrected chi connectivity index (χ4v) is 3.18. The molecule has 0 bridgehead atoms. The molecule has 1 aromatic carbocycles. The van der Waals surface area contributed by atoms with Gasteiger partial charge in [0.2, 0.25) is 11.8 Å². The summed E-state index contributed by atoms with van der Waals surface area (Å²) in [6.45, 7) is 1.93. The van der Waals surface area contributed by atoms with Gasteiger partial charge in [0.05, 0.1) is 23.1 Å². The predicted octanol–water partition coefficient (Wildman–Crippen LogP) is 2.09. The largest absolute Gasteiger partial charge is 0.478 e. The number of anilines is 1. The van der Waals surface area contributed by atoms with Crippen LogP contribution in [0.5, 0.6) is 0 Å². The van der Waals surface area contributed by atoms with Crippen LogP contribution in [-0.2, 0) is 9.59 Å². The van der Waals surface area contributed by atoms with E-state index in [1.165, 1.54) is 12.1 Å². The van der Waals surface area contributed by atoms with Gasteiger partial charge in [-0.2, -0.15) is 0 Å². The molecular weight excluding hydrogens is 270 g/mol. The van der Waals surface area contributed by atoms with E-state index >= 15 is 0 Å². The average Bonchev–Trinajstić information content (AvgIpc) is 2.72. The Bertz CT molecular complexity index is 664. The molecule has 1 aliphatic carbocycles. The van der Waals surface area contributed by atoms with E-state index in [1.807, 2.05) is 19.1 Å². The Morgan fingerprint density at radius 2 is 2.05 bits per heavy atom. The Hall–Kier alpha value is -2.43. The number of benzene rings is 1. The molecule has 0 unspecified atom stereocenters. The van der Waals surface area contributed by atoms with E-state index in [4.69, 9.17) is 5.11 Å². The van der Waals surface area contributed by atoms with Crippen LogP contribution < -0.4 is 4.90 Å². The molecule has 108 valence electrons. The Kier molecular flexibility index (Phi) is 3.12. The smallest absolute Gasteiger partial charge is 0.335 e. The van der Waals surface area contributed by atoms with Crippen molar-refractivity contribution in [2.75, 3.05) is 4.90 Å². The van der Waals surface area contributed by atoms with Crippen LogP contribution in [-0.4, -0.2) is 22.9 Å². The molecule has 1 fully saturated rings. The molecule has 0 saturated carbocycles. The number of imide groups is 1. The van der Waals surface area contributed by atoms with Crippen LogP contribution >= 0.6 is 0 Å². The summed E-state index contributed by atoms with van der Waals surface area (Å²) in [7, 11) is 0. The molecule has 1 aromatic rings. The molecule has 5 heteroatoms. The molecule has 0 aromatic heterocycles. The van der Waals surface area contributed by atoms with Crippen molar-refractivity contribution in [3.8, 4) is 0 Å². The summed E-state index contributed by atoms with van der Waals surface area (Å²) < 4.78 is 0. The highest BCUT2D eigenvalue weighted by molar-refractivity contribution is 6.22. The standard InChI is InChI=1S/C16H15NO4/c1-9-4-2-7-12-13(9)15(19)17(14(12)18)11-6-3-5-10(8-11)16(20)21/h2-6,8-9,12-13H,7H2,1H3,(H,20,21)/t9-,12-,13-/m1/s1. The van der Waals surface area contributed by atoms with Crippen molar-refractivity contribution in [3.05, 3.63) is 42.0 Å². The molecule has 5 nitrogen and oxygen atoms in total. The van der Waals surface area contributed by atoms with E-state index in [9.17, 15) is 14.4 Å². The van der Waals surface area contributed by atoms with Crippen LogP contribution in [0.3, 0.4) is 0 Å². The minimum absolute atomic E-state index is 0.0212. The number of amides is 2. The second kappa shape index (κ2) is 4.84. The summed E-state index contributed by atoms with van der Waals surface area (Å²) >= 11 is 0. The third kappa shape index (κ3) is 2.05. The molecule has 3 rings (SSSR count). The van der Waals surface area contributed by atoms with Gasteiger partial charge in [0.25, 0.3) is 0 Å². The molecule has 0 spiro atoms. The Labute approximate surface area is 121 Å². The van der Waals surface area contributed by atoms with Gasteiger partial charge in [-0.05, 0) is 30.5 Å². The van der Waals surface area contributed by atoms with Crippen LogP contribution in [0.25, 0.3) is 0 Å². The lowest BCUT2D eigenvalue weighted by Gasteiger charge is -2.22. The van der Waals surface area contributed by atoms with Crippen molar-refractivity contribution < 1.29 is 19.5 Å². The van der Waals surface area contributed by atoms with Crippen molar-refractivity contribution in [1.29, 1.82) is 0 Å². The van der Waals surface area contributed by atoms with E-state index < -0.39 is 5.97 Å². The van der Waals surface area contributed by atoms with Gasteiger partial charge in [0.1, 0.15) is 0 Å². The normalized spacial score (nSPS) is 27.9. The summed E-state index contributed by atoms with van der Waals surface area (Å²) in [5.74, 6) is -2.19. The van der Waals surface area contributed by atoms with Crippen molar-refractivity contribution >= 4 is 23.5 Å². The topological polar surface area (TPSA) is 74.7 Å². The van der Waals surface area contributed by atoms with Crippen molar-refractivity contribution in [2.45, 2.75) is 13.3 Å². The molecule has 1 heterocycles. The Morgan fingerprint density at radius 3 is 2.71 bits per heavy atom. The summed E-state index contributed by atoms with van der Waals surface area (Å²) in [5, 5.41) is 9.03. The number of aromatic carboxylic acids is 1. The van der Waals surface area contributed by atoms with Crippen LogP contribution in [0.2, 0.25) is 0 Å². The van der Waals surface area contributed by atoms with Crippen LogP contribution in [0.4, 0.5) is 5.69 Å². The second-order valence-electron chi connectivity index (χ2n) is 5.52. The summed E-state index contributed by atoms with van der Waals surface area (Å²) in [6, 6.07) is 5.95. The van der Waals surface area contributed by atoms with Gasteiger partial charge in [-0.1, -0.05) is 25.1 Å². The number of rotatable bonds is 2. The minimum Gasteiger partial charge on any atom is -0.478 e. The lowest BCUT2D eigenvalue weighted by atomic mass is 9.78. The first-order valence-corrected chi connectivity index (χ1v) is 6.88. The van der Waals surface area contributed by atoms with Gasteiger partial charge in [0.15, 0.2) is 0 Å². The lowest BCUT2D eigenvalue weighted by molar-refractivity contribution is -0.122. The van der Waals surface area contributed by atoms with Gasteiger partial charge in [-0.3, -0.25) is 14.5 Å². The van der Waals surface area contributed by atoms with Crippen molar-refractivity contribution in [3.63, 3.8) is 0 Å². The molecule has 2 amide bonds. The maximum Gasteiger partial charge on any atom is 0.335 e. The quantitative estimate of drug-likeness (QED) is 0.667. The number of carboxylic acid groups (broad SMARTS) is 1. The number of hydrogen-bond donors (Lipinski definition) is 1. The third-order valence-corrected chi connectivity index (χ3v) is 4.22. The number of nitrogens with zero attached hydrogens (tertiary/aromatic N) is 1.